The fourth-order valence-electron chi connectivity index (χ4n) is 8.59. The Morgan fingerprint density at radius 3 is 2.53 bits per heavy atom. The molecule has 0 saturated heterocycles. The highest BCUT2D eigenvalue weighted by Gasteiger charge is 2.77. The first kappa shape index (κ1) is 24.3. The molecule has 4 fully saturated rings. The van der Waals surface area contributed by atoms with Gasteiger partial charge in [-0.3, -0.25) is 14.4 Å². The molecule has 0 aliphatic heterocycles. The molecule has 180 valence electrons. The Balaban J connectivity index is 1.81. The molecule has 0 amide bonds. The Labute approximate surface area is 198 Å². The zero-order valence-corrected chi connectivity index (χ0v) is 21.2. The van der Waals surface area contributed by atoms with Gasteiger partial charge in [-0.15, -0.1) is 0 Å². The van der Waals surface area contributed by atoms with E-state index in [4.69, 9.17) is 4.74 Å². The van der Waals surface area contributed by atoms with Crippen molar-refractivity contribution in [2.75, 3.05) is 5.33 Å². The lowest BCUT2D eigenvalue weighted by atomic mass is 9.42. The summed E-state index contributed by atoms with van der Waals surface area (Å²) < 4.78 is 23.3. The predicted octanol–water partition coefficient (Wildman–Crippen LogP) is 4.56. The number of aliphatic hydroxyl groups is 1. The maximum Gasteiger partial charge on any atom is 0.306 e. The van der Waals surface area contributed by atoms with E-state index in [9.17, 15) is 19.5 Å². The van der Waals surface area contributed by atoms with Gasteiger partial charge in [0.15, 0.2) is 11.4 Å². The fraction of sp³-hybridized carbons (Fsp3) is 0.880. The monoisotopic (exact) mass is 514 g/mol. The summed E-state index contributed by atoms with van der Waals surface area (Å²) in [4.78, 5) is 38.0. The summed E-state index contributed by atoms with van der Waals surface area (Å²) in [6, 6.07) is 0. The van der Waals surface area contributed by atoms with Gasteiger partial charge >= 0.3 is 5.97 Å². The zero-order valence-electron chi connectivity index (χ0n) is 19.6. The van der Waals surface area contributed by atoms with Crippen molar-refractivity contribution in [1.82, 2.24) is 0 Å². The minimum atomic E-state index is -1.82. The van der Waals surface area contributed by atoms with Crippen LogP contribution in [0.2, 0.25) is 0 Å². The predicted molar refractivity (Wildman–Crippen MR) is 121 cm³/mol. The first-order valence-corrected chi connectivity index (χ1v) is 13.2. The fourth-order valence-corrected chi connectivity index (χ4v) is 9.01. The van der Waals surface area contributed by atoms with Crippen molar-refractivity contribution in [2.45, 2.75) is 96.4 Å². The van der Waals surface area contributed by atoms with Gasteiger partial charge in [-0.25, -0.2) is 4.39 Å². The number of ketones is 2. The lowest BCUT2D eigenvalue weighted by Gasteiger charge is -2.65. The van der Waals surface area contributed by atoms with E-state index >= 15 is 4.39 Å². The summed E-state index contributed by atoms with van der Waals surface area (Å²) >= 11 is 3.29. The highest BCUT2D eigenvalue weighted by Crippen LogP contribution is 2.72. The number of carbonyl (C=O) groups is 3. The van der Waals surface area contributed by atoms with Crippen molar-refractivity contribution >= 4 is 33.5 Å². The van der Waals surface area contributed by atoms with E-state index in [1.807, 2.05) is 20.8 Å². The van der Waals surface area contributed by atoms with Crippen LogP contribution in [0.15, 0.2) is 0 Å². The molecule has 4 aliphatic rings. The summed E-state index contributed by atoms with van der Waals surface area (Å²) in [5.41, 5.74) is -4.81. The molecule has 7 heteroatoms. The van der Waals surface area contributed by atoms with Gasteiger partial charge in [0.1, 0.15) is 11.5 Å². The molecule has 0 aromatic heterocycles. The maximum atomic E-state index is 17.3. The number of hydrogen-bond donors (Lipinski definition) is 1. The van der Waals surface area contributed by atoms with Crippen LogP contribution in [0.5, 0.6) is 0 Å². The van der Waals surface area contributed by atoms with Crippen molar-refractivity contribution in [3.8, 4) is 0 Å². The van der Waals surface area contributed by atoms with Crippen molar-refractivity contribution in [3.05, 3.63) is 0 Å². The number of ether oxygens (including phenoxy) is 1. The van der Waals surface area contributed by atoms with Crippen molar-refractivity contribution in [3.63, 3.8) is 0 Å². The Morgan fingerprint density at radius 2 is 1.91 bits per heavy atom. The molecular formula is C25H36BrFO5. The van der Waals surface area contributed by atoms with Crippen LogP contribution < -0.4 is 0 Å². The van der Waals surface area contributed by atoms with Crippen LogP contribution in [0.25, 0.3) is 0 Å². The van der Waals surface area contributed by atoms with Crippen LogP contribution in [-0.2, 0) is 19.1 Å². The molecule has 4 rings (SSSR count). The van der Waals surface area contributed by atoms with Crippen LogP contribution in [0, 0.1) is 34.5 Å². The van der Waals surface area contributed by atoms with E-state index in [2.05, 4.69) is 15.9 Å². The summed E-state index contributed by atoms with van der Waals surface area (Å²) in [6.07, 6.45) is 2.05. The molecule has 4 aliphatic carbocycles. The third-order valence-corrected chi connectivity index (χ3v) is 10.7. The van der Waals surface area contributed by atoms with E-state index in [-0.39, 0.29) is 47.5 Å². The van der Waals surface area contributed by atoms with E-state index < -0.39 is 40.1 Å². The van der Waals surface area contributed by atoms with E-state index in [0.29, 0.717) is 32.1 Å². The third-order valence-electron chi connectivity index (χ3n) is 10.2. The number of aliphatic hydroxyl groups excluding tert-OH is 1. The molecule has 32 heavy (non-hydrogen) atoms. The third kappa shape index (κ3) is 2.85. The number of rotatable bonds is 4. The number of fused-ring (bicyclic) bond motifs is 5. The van der Waals surface area contributed by atoms with Gasteiger partial charge in [0.2, 0.25) is 0 Å². The Bertz CT molecular complexity index is 833. The first-order valence-electron chi connectivity index (χ1n) is 12.1. The lowest BCUT2D eigenvalue weighted by molar-refractivity contribution is -0.257. The van der Waals surface area contributed by atoms with E-state index in [1.54, 1.807) is 6.92 Å². The molecule has 0 aromatic carbocycles. The van der Waals surface area contributed by atoms with Gasteiger partial charge in [-0.2, -0.15) is 0 Å². The largest absolute Gasteiger partial charge is 0.450 e. The molecule has 0 heterocycles. The normalized spacial score (nSPS) is 50.2. The van der Waals surface area contributed by atoms with Gasteiger partial charge in [0, 0.05) is 36.0 Å². The highest BCUT2D eigenvalue weighted by molar-refractivity contribution is 9.09. The van der Waals surface area contributed by atoms with Crippen molar-refractivity contribution in [2.24, 2.45) is 34.5 Å². The summed E-state index contributed by atoms with van der Waals surface area (Å²) in [6.45, 7) is 7.47. The smallest absolute Gasteiger partial charge is 0.306 e. The molecule has 4 saturated carbocycles. The average molecular weight is 515 g/mol. The number of Topliss-reactive ketones (excluding diaryl/α,β-unsaturated/α-hetero) is 2. The molecule has 0 aromatic rings. The molecule has 0 spiro atoms. The molecule has 0 bridgehead atoms. The molecule has 1 N–H and O–H groups in total. The minimum Gasteiger partial charge on any atom is -0.450 e. The van der Waals surface area contributed by atoms with Crippen LogP contribution >= 0.6 is 15.9 Å². The van der Waals surface area contributed by atoms with Gasteiger partial charge in [-0.1, -0.05) is 43.6 Å². The van der Waals surface area contributed by atoms with Gasteiger partial charge in [0.05, 0.1) is 11.4 Å². The average Bonchev–Trinajstić information content (AvgIpc) is 2.96. The van der Waals surface area contributed by atoms with Crippen molar-refractivity contribution < 1.29 is 28.6 Å². The molecule has 5 nitrogen and oxygen atoms in total. The summed E-state index contributed by atoms with van der Waals surface area (Å²) in [7, 11) is 0. The van der Waals surface area contributed by atoms with Crippen LogP contribution in [-0.4, -0.2) is 45.3 Å². The number of esters is 1. The minimum absolute atomic E-state index is 0.0417. The molecule has 0 unspecified atom stereocenters. The van der Waals surface area contributed by atoms with Crippen LogP contribution in [0.3, 0.4) is 0 Å². The molecule has 0 radical (unpaired) electrons. The van der Waals surface area contributed by atoms with Crippen LogP contribution in [0.1, 0.15) is 79.1 Å². The second-order valence-electron chi connectivity index (χ2n) is 11.3. The lowest BCUT2D eigenvalue weighted by Crippen LogP contribution is -2.71. The first-order chi connectivity index (χ1) is 14.9. The second-order valence-corrected chi connectivity index (χ2v) is 11.9. The topological polar surface area (TPSA) is 80.7 Å². The maximum absolute atomic E-state index is 17.3. The van der Waals surface area contributed by atoms with Gasteiger partial charge in [-0.05, 0) is 49.9 Å². The Hall–Kier alpha value is -0.820. The number of carbonyl (C=O) groups excluding carboxylic acids is 3. The quantitative estimate of drug-likeness (QED) is 0.439. The van der Waals surface area contributed by atoms with Crippen LogP contribution in [0.4, 0.5) is 4.39 Å². The Kier molecular flexibility index (Phi) is 5.97. The second kappa shape index (κ2) is 7.86. The number of halogens is 2. The van der Waals surface area contributed by atoms with Gasteiger partial charge < -0.3 is 9.84 Å². The standard InChI is InChI=1S/C25H36BrFO5/c1-5-21(31)32-25(20(30)13-26)14(2)10-18-17-7-6-15-11-16(28)8-9-22(15,3)24(17,27)19(29)12-23(18,25)4/h14-15,17-19,29H,5-13H2,1-4H3/t14-,15-,17+,18+,19+,22+,23+,24+,25+/m1/s1. The summed E-state index contributed by atoms with van der Waals surface area (Å²) in [5, 5.41) is 11.5. The number of alkyl halides is 2. The SMILES string of the molecule is CCC(=O)O[C@]1(C(=O)CBr)[C@H](C)C[C@H]2[C@@H]3CC[C@@H]4CC(=O)CC[C@]4(C)[C@@]3(F)[C@@H](O)C[C@@]21C. The molecule has 9 atom stereocenters. The molecular weight excluding hydrogens is 479 g/mol. The summed E-state index contributed by atoms with van der Waals surface area (Å²) in [5.74, 6) is -1.42. The van der Waals surface area contributed by atoms with E-state index in [0.717, 1.165) is 6.42 Å². The zero-order chi connectivity index (χ0) is 23.7. The van der Waals surface area contributed by atoms with Crippen molar-refractivity contribution in [1.29, 1.82) is 0 Å². The number of hydrogen-bond acceptors (Lipinski definition) is 5. The highest BCUT2D eigenvalue weighted by atomic mass is 79.9. The van der Waals surface area contributed by atoms with Gasteiger partial charge in [0.25, 0.3) is 0 Å². The Morgan fingerprint density at radius 1 is 1.22 bits per heavy atom. The van der Waals surface area contributed by atoms with E-state index in [1.165, 1.54) is 0 Å².